The summed E-state index contributed by atoms with van der Waals surface area (Å²) < 4.78 is 5.52. The van der Waals surface area contributed by atoms with E-state index in [2.05, 4.69) is 5.73 Å². The third-order valence-electron chi connectivity index (χ3n) is 2.34. The summed E-state index contributed by atoms with van der Waals surface area (Å²) in [5.74, 6) is 0.726. The van der Waals surface area contributed by atoms with Crippen molar-refractivity contribution in [3.05, 3.63) is 23.3 Å². The summed E-state index contributed by atoms with van der Waals surface area (Å²) in [7, 11) is 0. The maximum absolute atomic E-state index is 5.74. The molecule has 1 aromatic heterocycles. The predicted molar refractivity (Wildman–Crippen MR) is 52.6 cm³/mol. The largest absolute Gasteiger partial charge is 0.412 e. The predicted octanol–water partition coefficient (Wildman–Crippen LogP) is 1.51. The van der Waals surface area contributed by atoms with E-state index < -0.39 is 0 Å². The molecule has 0 aliphatic rings. The van der Waals surface area contributed by atoms with Crippen LogP contribution in [0, 0.1) is 13.8 Å². The molecule has 3 heteroatoms. The lowest BCUT2D eigenvalue weighted by Crippen LogP contribution is -2.40. The van der Waals surface area contributed by atoms with E-state index in [1.165, 1.54) is 0 Å². The zero-order valence-electron chi connectivity index (χ0n) is 7.85. The van der Waals surface area contributed by atoms with Crippen molar-refractivity contribution >= 4 is 22.5 Å². The molecular formula is C10H13N2O+. The fourth-order valence-electron chi connectivity index (χ4n) is 1.57. The molecule has 2 rings (SSSR count). The molecule has 5 N–H and O–H groups in total. The summed E-state index contributed by atoms with van der Waals surface area (Å²) in [5.41, 5.74) is 13.4. The monoisotopic (exact) mass is 177 g/mol. The summed E-state index contributed by atoms with van der Waals surface area (Å²) in [6.45, 7) is 3.98. The van der Waals surface area contributed by atoms with E-state index in [1.807, 2.05) is 26.0 Å². The fraction of sp³-hybridized carbons (Fsp3) is 0.200. The topological polar surface area (TPSA) is 66.8 Å². The zero-order chi connectivity index (χ0) is 9.59. The van der Waals surface area contributed by atoms with Crippen molar-refractivity contribution in [3.63, 3.8) is 0 Å². The molecule has 0 amide bonds. The Balaban J connectivity index is 2.94. The third kappa shape index (κ3) is 1.09. The highest BCUT2D eigenvalue weighted by Gasteiger charge is 2.12. The van der Waals surface area contributed by atoms with E-state index in [4.69, 9.17) is 10.2 Å². The van der Waals surface area contributed by atoms with E-state index in [0.29, 0.717) is 0 Å². The Kier molecular flexibility index (Phi) is 1.57. The van der Waals surface area contributed by atoms with Crippen LogP contribution in [0.25, 0.3) is 11.0 Å². The molecule has 0 radical (unpaired) electrons. The number of benzene rings is 1. The highest BCUT2D eigenvalue weighted by Crippen LogP contribution is 2.30. The maximum Gasteiger partial charge on any atom is 0.295 e. The third-order valence-corrected chi connectivity index (χ3v) is 2.34. The van der Waals surface area contributed by atoms with Gasteiger partial charge in [0.2, 0.25) is 0 Å². The molecular weight excluding hydrogens is 164 g/mol. The van der Waals surface area contributed by atoms with Gasteiger partial charge in [0, 0.05) is 11.1 Å². The number of fused-ring (bicyclic) bond motifs is 1. The van der Waals surface area contributed by atoms with Gasteiger partial charge < -0.3 is 10.2 Å². The molecule has 1 aromatic carbocycles. The summed E-state index contributed by atoms with van der Waals surface area (Å²) in [6.07, 6.45) is 0. The van der Waals surface area contributed by atoms with Gasteiger partial charge in [0.25, 0.3) is 5.88 Å². The van der Waals surface area contributed by atoms with Crippen LogP contribution in [-0.4, -0.2) is 0 Å². The molecule has 2 aromatic rings. The zero-order valence-corrected chi connectivity index (χ0v) is 7.85. The van der Waals surface area contributed by atoms with Gasteiger partial charge >= 0.3 is 0 Å². The molecule has 0 aliphatic heterocycles. The second kappa shape index (κ2) is 2.50. The summed E-state index contributed by atoms with van der Waals surface area (Å²) >= 11 is 0. The van der Waals surface area contributed by atoms with Gasteiger partial charge in [0.1, 0.15) is 5.58 Å². The van der Waals surface area contributed by atoms with Crippen molar-refractivity contribution in [2.24, 2.45) is 0 Å². The summed E-state index contributed by atoms with van der Waals surface area (Å²) in [5, 5.41) is 1.07. The second-order valence-electron chi connectivity index (χ2n) is 3.36. The minimum atomic E-state index is 0.726. The number of aryl methyl sites for hydroxylation is 2. The first-order valence-corrected chi connectivity index (χ1v) is 4.21. The van der Waals surface area contributed by atoms with Gasteiger partial charge in [-0.15, -0.1) is 0 Å². The molecule has 13 heavy (non-hydrogen) atoms. The number of hydrogen-bond acceptors (Lipinski definition) is 2. The van der Waals surface area contributed by atoms with Crippen molar-refractivity contribution in [3.8, 4) is 0 Å². The number of hydrogen-bond donors (Lipinski definition) is 2. The molecule has 0 fully saturated rings. The van der Waals surface area contributed by atoms with Crippen molar-refractivity contribution in [2.75, 3.05) is 5.73 Å². The summed E-state index contributed by atoms with van der Waals surface area (Å²) in [4.78, 5) is 0. The second-order valence-corrected chi connectivity index (χ2v) is 3.36. The molecule has 0 saturated carbocycles. The van der Waals surface area contributed by atoms with Gasteiger partial charge in [-0.1, -0.05) is 0 Å². The van der Waals surface area contributed by atoms with Crippen LogP contribution in [-0.2, 0) is 0 Å². The minimum absolute atomic E-state index is 0.726. The maximum atomic E-state index is 5.74. The smallest absolute Gasteiger partial charge is 0.295 e. The van der Waals surface area contributed by atoms with Crippen LogP contribution in [0.15, 0.2) is 16.5 Å². The lowest BCUT2D eigenvalue weighted by Gasteiger charge is -1.96. The van der Waals surface area contributed by atoms with Gasteiger partial charge in [-0.3, -0.25) is 5.73 Å². The first-order valence-electron chi connectivity index (χ1n) is 4.21. The molecule has 0 spiro atoms. The Labute approximate surface area is 76.3 Å². The molecule has 0 saturated heterocycles. The van der Waals surface area contributed by atoms with Crippen LogP contribution in [0.3, 0.4) is 0 Å². The number of nitrogen functional groups attached to an aromatic ring is 1. The molecule has 1 heterocycles. The van der Waals surface area contributed by atoms with E-state index in [1.54, 1.807) is 0 Å². The van der Waals surface area contributed by atoms with Gasteiger partial charge in [-0.25, -0.2) is 0 Å². The Morgan fingerprint density at radius 2 is 2.00 bits per heavy atom. The van der Waals surface area contributed by atoms with Crippen molar-refractivity contribution < 1.29 is 10.2 Å². The quantitative estimate of drug-likeness (QED) is 0.599. The number of rotatable bonds is 0. The molecule has 0 unspecified atom stereocenters. The first kappa shape index (κ1) is 8.13. The molecule has 3 nitrogen and oxygen atoms in total. The molecule has 0 bridgehead atoms. The lowest BCUT2D eigenvalue weighted by atomic mass is 10.1. The van der Waals surface area contributed by atoms with Crippen LogP contribution in [0.2, 0.25) is 0 Å². The van der Waals surface area contributed by atoms with Crippen molar-refractivity contribution in [1.82, 2.24) is 0 Å². The molecule has 0 aliphatic carbocycles. The van der Waals surface area contributed by atoms with E-state index in [9.17, 15) is 0 Å². The standard InChI is InChI=1S/C10H12N2O/c1-5-3-7(11)4-8-6(2)10(12)13-9(5)8/h3-4H,11-12H2,1-2H3/p+1. The fourth-order valence-corrected chi connectivity index (χ4v) is 1.57. The highest BCUT2D eigenvalue weighted by molar-refractivity contribution is 5.89. The average molecular weight is 177 g/mol. The van der Waals surface area contributed by atoms with Gasteiger partial charge in [-0.2, -0.15) is 0 Å². The molecule has 68 valence electrons. The van der Waals surface area contributed by atoms with E-state index in [-0.39, 0.29) is 0 Å². The van der Waals surface area contributed by atoms with E-state index >= 15 is 0 Å². The van der Waals surface area contributed by atoms with Gasteiger partial charge in [0.05, 0.1) is 5.56 Å². The lowest BCUT2D eigenvalue weighted by molar-refractivity contribution is -0.278. The highest BCUT2D eigenvalue weighted by atomic mass is 16.3. The first-order chi connectivity index (χ1) is 6.09. The summed E-state index contributed by atoms with van der Waals surface area (Å²) in [6, 6.07) is 3.83. The number of nitrogens with two attached hydrogens (primary N) is 1. The normalized spacial score (nSPS) is 11.0. The number of anilines is 1. The van der Waals surface area contributed by atoms with Crippen molar-refractivity contribution in [2.45, 2.75) is 13.8 Å². The van der Waals surface area contributed by atoms with Crippen LogP contribution < -0.4 is 11.5 Å². The van der Waals surface area contributed by atoms with Crippen LogP contribution in [0.4, 0.5) is 11.6 Å². The SMILES string of the molecule is Cc1c([NH3+])oc2c(C)cc(N)cc12. The average Bonchev–Trinajstić information content (AvgIpc) is 2.32. The Bertz CT molecular complexity index is 471. The van der Waals surface area contributed by atoms with Crippen LogP contribution >= 0.6 is 0 Å². The van der Waals surface area contributed by atoms with E-state index in [0.717, 1.165) is 33.7 Å². The minimum Gasteiger partial charge on any atom is -0.412 e. The van der Waals surface area contributed by atoms with Gasteiger partial charge in [-0.05, 0) is 31.5 Å². The Hall–Kier alpha value is -1.48. The van der Waals surface area contributed by atoms with Gasteiger partial charge in [0.15, 0.2) is 0 Å². The van der Waals surface area contributed by atoms with Crippen LogP contribution in [0.5, 0.6) is 0 Å². The number of furan rings is 1. The molecule has 0 atom stereocenters. The van der Waals surface area contributed by atoms with Crippen LogP contribution in [0.1, 0.15) is 11.1 Å². The Morgan fingerprint density at radius 1 is 1.31 bits per heavy atom. The van der Waals surface area contributed by atoms with Crippen molar-refractivity contribution in [1.29, 1.82) is 0 Å². The Morgan fingerprint density at radius 3 is 2.69 bits per heavy atom. The number of quaternary nitrogens is 1.